The van der Waals surface area contributed by atoms with Gasteiger partial charge >= 0.3 is 0 Å². The molecule has 0 amide bonds. The predicted molar refractivity (Wildman–Crippen MR) is 58.2 cm³/mol. The predicted octanol–water partition coefficient (Wildman–Crippen LogP) is 2.43. The lowest BCUT2D eigenvalue weighted by Gasteiger charge is -1.98. The summed E-state index contributed by atoms with van der Waals surface area (Å²) in [7, 11) is 0. The van der Waals surface area contributed by atoms with Gasteiger partial charge < -0.3 is 4.57 Å². The molecule has 4 nitrogen and oxygen atoms in total. The SMILES string of the molecule is C=CCn1cnc2c(Br)nc(Cl)nc21. The van der Waals surface area contributed by atoms with Crippen LogP contribution in [0, 0.1) is 0 Å². The van der Waals surface area contributed by atoms with Crippen molar-refractivity contribution in [1.82, 2.24) is 19.5 Å². The number of halogens is 2. The Morgan fingerprint density at radius 1 is 1.57 bits per heavy atom. The first-order chi connectivity index (χ1) is 6.72. The van der Waals surface area contributed by atoms with E-state index in [-0.39, 0.29) is 5.28 Å². The number of fused-ring (bicyclic) bond motifs is 1. The number of rotatable bonds is 2. The largest absolute Gasteiger partial charge is 0.311 e. The lowest BCUT2D eigenvalue weighted by molar-refractivity contribution is 0.838. The van der Waals surface area contributed by atoms with E-state index in [0.717, 1.165) is 0 Å². The van der Waals surface area contributed by atoms with E-state index in [0.29, 0.717) is 22.3 Å². The maximum atomic E-state index is 5.73. The molecule has 0 saturated heterocycles. The zero-order valence-corrected chi connectivity index (χ0v) is 9.46. The molecule has 2 aromatic rings. The van der Waals surface area contributed by atoms with Crippen molar-refractivity contribution in [2.24, 2.45) is 0 Å². The zero-order chi connectivity index (χ0) is 10.1. The fourth-order valence-electron chi connectivity index (χ4n) is 1.16. The van der Waals surface area contributed by atoms with Crippen LogP contribution in [0.25, 0.3) is 11.2 Å². The maximum absolute atomic E-state index is 5.73. The van der Waals surface area contributed by atoms with Gasteiger partial charge in [-0.15, -0.1) is 6.58 Å². The third-order valence-corrected chi connectivity index (χ3v) is 2.44. The summed E-state index contributed by atoms with van der Waals surface area (Å²) in [6, 6.07) is 0. The third kappa shape index (κ3) is 1.53. The molecule has 14 heavy (non-hydrogen) atoms. The number of hydrogen-bond donors (Lipinski definition) is 0. The molecular formula is C8H6BrClN4. The molecule has 0 atom stereocenters. The van der Waals surface area contributed by atoms with Crippen LogP contribution in [0.1, 0.15) is 0 Å². The molecule has 0 radical (unpaired) electrons. The summed E-state index contributed by atoms with van der Waals surface area (Å²) in [5.41, 5.74) is 1.41. The van der Waals surface area contributed by atoms with Crippen LogP contribution < -0.4 is 0 Å². The second-order valence-corrected chi connectivity index (χ2v) is 3.73. The van der Waals surface area contributed by atoms with Gasteiger partial charge in [0, 0.05) is 6.54 Å². The van der Waals surface area contributed by atoms with Crippen LogP contribution in [0.5, 0.6) is 0 Å². The molecule has 0 aliphatic rings. The van der Waals surface area contributed by atoms with E-state index in [9.17, 15) is 0 Å². The van der Waals surface area contributed by atoms with Gasteiger partial charge in [-0.1, -0.05) is 6.08 Å². The Balaban J connectivity index is 2.71. The molecule has 2 rings (SSSR count). The normalized spacial score (nSPS) is 10.7. The standard InChI is InChI=1S/C8H6BrClN4/c1-2-3-14-4-11-5-6(9)12-8(10)13-7(5)14/h2,4H,1,3H2. The Hall–Kier alpha value is -0.940. The van der Waals surface area contributed by atoms with Crippen molar-refractivity contribution in [3.05, 3.63) is 28.9 Å². The van der Waals surface area contributed by atoms with Crippen LogP contribution in [-0.2, 0) is 6.54 Å². The van der Waals surface area contributed by atoms with E-state index in [2.05, 4.69) is 37.5 Å². The van der Waals surface area contributed by atoms with Gasteiger partial charge in [-0.05, 0) is 27.5 Å². The summed E-state index contributed by atoms with van der Waals surface area (Å²) < 4.78 is 2.45. The maximum Gasteiger partial charge on any atom is 0.225 e. The number of aromatic nitrogens is 4. The van der Waals surface area contributed by atoms with Crippen molar-refractivity contribution in [3.63, 3.8) is 0 Å². The van der Waals surface area contributed by atoms with Crippen molar-refractivity contribution >= 4 is 38.7 Å². The highest BCUT2D eigenvalue weighted by molar-refractivity contribution is 9.10. The molecule has 0 aromatic carbocycles. The van der Waals surface area contributed by atoms with Crippen molar-refractivity contribution < 1.29 is 0 Å². The van der Waals surface area contributed by atoms with E-state index in [1.54, 1.807) is 12.4 Å². The highest BCUT2D eigenvalue weighted by Gasteiger charge is 2.09. The fourth-order valence-corrected chi connectivity index (χ4v) is 1.87. The molecular weight excluding hydrogens is 267 g/mol. The Bertz CT molecular complexity index is 493. The van der Waals surface area contributed by atoms with E-state index < -0.39 is 0 Å². The lowest BCUT2D eigenvalue weighted by Crippen LogP contribution is -1.95. The highest BCUT2D eigenvalue weighted by Crippen LogP contribution is 2.20. The fraction of sp³-hybridized carbons (Fsp3) is 0.125. The van der Waals surface area contributed by atoms with Crippen LogP contribution in [0.2, 0.25) is 5.28 Å². The Kier molecular flexibility index (Phi) is 2.52. The van der Waals surface area contributed by atoms with Crippen molar-refractivity contribution in [3.8, 4) is 0 Å². The summed E-state index contributed by atoms with van der Waals surface area (Å²) >= 11 is 9.01. The van der Waals surface area contributed by atoms with E-state index >= 15 is 0 Å². The molecule has 0 aliphatic heterocycles. The van der Waals surface area contributed by atoms with Gasteiger partial charge in [0.2, 0.25) is 5.28 Å². The van der Waals surface area contributed by atoms with Crippen molar-refractivity contribution in [1.29, 1.82) is 0 Å². The van der Waals surface area contributed by atoms with Crippen LogP contribution in [-0.4, -0.2) is 19.5 Å². The minimum absolute atomic E-state index is 0.204. The molecule has 2 aromatic heterocycles. The minimum Gasteiger partial charge on any atom is -0.311 e. The molecule has 0 N–H and O–H groups in total. The first-order valence-electron chi connectivity index (χ1n) is 3.87. The second kappa shape index (κ2) is 3.67. The smallest absolute Gasteiger partial charge is 0.225 e. The topological polar surface area (TPSA) is 43.6 Å². The molecule has 0 bridgehead atoms. The van der Waals surface area contributed by atoms with Crippen LogP contribution in [0.4, 0.5) is 0 Å². The number of allylic oxidation sites excluding steroid dienone is 1. The number of hydrogen-bond acceptors (Lipinski definition) is 3. The third-order valence-electron chi connectivity index (χ3n) is 1.72. The Morgan fingerprint density at radius 3 is 3.07 bits per heavy atom. The Morgan fingerprint density at radius 2 is 2.36 bits per heavy atom. The van der Waals surface area contributed by atoms with Gasteiger partial charge in [0.25, 0.3) is 0 Å². The summed E-state index contributed by atoms with van der Waals surface area (Å²) in [4.78, 5) is 12.2. The molecule has 72 valence electrons. The van der Waals surface area contributed by atoms with Gasteiger partial charge in [-0.2, -0.15) is 4.98 Å². The number of nitrogens with zero attached hydrogens (tertiary/aromatic N) is 4. The average molecular weight is 274 g/mol. The highest BCUT2D eigenvalue weighted by atomic mass is 79.9. The average Bonchev–Trinajstić information content (AvgIpc) is 2.49. The summed E-state index contributed by atoms with van der Waals surface area (Å²) in [6.45, 7) is 4.30. The summed E-state index contributed by atoms with van der Waals surface area (Å²) in [6.07, 6.45) is 3.45. The van der Waals surface area contributed by atoms with Crippen LogP contribution >= 0.6 is 27.5 Å². The molecule has 0 unspecified atom stereocenters. The molecule has 0 fully saturated rings. The minimum atomic E-state index is 0.204. The van der Waals surface area contributed by atoms with Gasteiger partial charge in [0.15, 0.2) is 5.65 Å². The molecule has 2 heterocycles. The summed E-state index contributed by atoms with van der Waals surface area (Å²) in [5, 5.41) is 0.204. The number of imidazole rings is 1. The van der Waals surface area contributed by atoms with Gasteiger partial charge in [-0.3, -0.25) is 0 Å². The molecule has 0 saturated carbocycles. The van der Waals surface area contributed by atoms with Crippen molar-refractivity contribution in [2.45, 2.75) is 6.54 Å². The lowest BCUT2D eigenvalue weighted by atomic mass is 10.5. The van der Waals surface area contributed by atoms with Gasteiger partial charge in [-0.25, -0.2) is 9.97 Å². The van der Waals surface area contributed by atoms with Crippen LogP contribution in [0.15, 0.2) is 23.6 Å². The van der Waals surface area contributed by atoms with Crippen molar-refractivity contribution in [2.75, 3.05) is 0 Å². The Labute approximate surface area is 93.8 Å². The van der Waals surface area contributed by atoms with Gasteiger partial charge in [0.05, 0.1) is 6.33 Å². The summed E-state index contributed by atoms with van der Waals surface area (Å²) in [5.74, 6) is 0. The first-order valence-corrected chi connectivity index (χ1v) is 5.04. The quantitative estimate of drug-likeness (QED) is 0.479. The first kappa shape index (κ1) is 9.61. The van der Waals surface area contributed by atoms with E-state index in [1.165, 1.54) is 0 Å². The van der Waals surface area contributed by atoms with Gasteiger partial charge in [0.1, 0.15) is 10.1 Å². The zero-order valence-electron chi connectivity index (χ0n) is 7.11. The van der Waals surface area contributed by atoms with E-state index in [4.69, 9.17) is 11.6 Å². The second-order valence-electron chi connectivity index (χ2n) is 2.64. The van der Waals surface area contributed by atoms with E-state index in [1.807, 2.05) is 4.57 Å². The monoisotopic (exact) mass is 272 g/mol. The molecule has 0 spiro atoms. The molecule has 6 heteroatoms. The van der Waals surface area contributed by atoms with Crippen LogP contribution in [0.3, 0.4) is 0 Å². The molecule has 0 aliphatic carbocycles.